The third-order valence-electron chi connectivity index (χ3n) is 5.86. The summed E-state index contributed by atoms with van der Waals surface area (Å²) in [7, 11) is -3.47. The number of hydrogen-bond acceptors (Lipinski definition) is 4. The van der Waals surface area contributed by atoms with Crippen molar-refractivity contribution in [1.29, 1.82) is 0 Å². The molecule has 1 amide bonds. The van der Waals surface area contributed by atoms with Crippen molar-refractivity contribution in [3.63, 3.8) is 0 Å². The van der Waals surface area contributed by atoms with Crippen molar-refractivity contribution in [2.75, 3.05) is 13.1 Å². The lowest BCUT2D eigenvalue weighted by Gasteiger charge is -2.34. The molecule has 2 aliphatic rings. The van der Waals surface area contributed by atoms with Crippen LogP contribution in [0.4, 0.5) is 0 Å². The fourth-order valence-electron chi connectivity index (χ4n) is 4.41. The molecule has 0 bridgehead atoms. The van der Waals surface area contributed by atoms with Crippen LogP contribution in [0.2, 0.25) is 0 Å². The first-order chi connectivity index (χ1) is 13.7. The number of nitrogens with one attached hydrogen (secondary N) is 1. The van der Waals surface area contributed by atoms with Gasteiger partial charge in [0.25, 0.3) is 5.91 Å². The van der Waals surface area contributed by atoms with Crippen molar-refractivity contribution < 1.29 is 17.6 Å². The maximum Gasteiger partial charge on any atom is 0.251 e. The van der Waals surface area contributed by atoms with Gasteiger partial charge < -0.3 is 9.73 Å². The van der Waals surface area contributed by atoms with E-state index >= 15 is 0 Å². The van der Waals surface area contributed by atoms with E-state index in [4.69, 9.17) is 4.42 Å². The number of carbonyl (C=O) groups is 1. The van der Waals surface area contributed by atoms with Crippen LogP contribution < -0.4 is 5.32 Å². The Bertz CT molecular complexity index is 1020. The average Bonchev–Trinajstić information content (AvgIpc) is 3.30. The van der Waals surface area contributed by atoms with E-state index in [2.05, 4.69) is 19.2 Å². The summed E-state index contributed by atoms with van der Waals surface area (Å²) in [6, 6.07) is 8.12. The molecule has 6 nitrogen and oxygen atoms in total. The molecule has 1 aliphatic heterocycles. The molecule has 2 heterocycles. The number of nitrogens with zero attached hydrogens (tertiary/aromatic N) is 1. The first kappa shape index (κ1) is 20.2. The summed E-state index contributed by atoms with van der Waals surface area (Å²) in [5, 5.41) is 3.11. The Morgan fingerprint density at radius 3 is 2.48 bits per heavy atom. The standard InChI is InChI=1S/C22H28N2O4S/c1-15-12-18-19(13-22(2,3)14-20(18)28-15)23-21(25)16-6-8-17(9-7-16)29(26,27)24-10-4-5-11-24/h6-9,12,19H,4-5,10-11,13-14H2,1-3H3,(H,23,25). The SMILES string of the molecule is Cc1cc2c(o1)CC(C)(C)CC2NC(=O)c1ccc(S(=O)(=O)N2CCCC2)cc1. The van der Waals surface area contributed by atoms with Gasteiger partial charge in [0.2, 0.25) is 10.0 Å². The highest BCUT2D eigenvalue weighted by atomic mass is 32.2. The minimum atomic E-state index is -3.47. The van der Waals surface area contributed by atoms with Crippen molar-refractivity contribution in [2.24, 2.45) is 5.41 Å². The molecule has 156 valence electrons. The minimum absolute atomic E-state index is 0.0307. The zero-order valence-electron chi connectivity index (χ0n) is 17.2. The van der Waals surface area contributed by atoms with Crippen molar-refractivity contribution >= 4 is 15.9 Å². The fourth-order valence-corrected chi connectivity index (χ4v) is 5.93. The average molecular weight is 417 g/mol. The van der Waals surface area contributed by atoms with Crippen molar-refractivity contribution in [3.05, 3.63) is 53.0 Å². The van der Waals surface area contributed by atoms with Crippen LogP contribution in [0.1, 0.15) is 66.6 Å². The highest BCUT2D eigenvalue weighted by molar-refractivity contribution is 7.89. The topological polar surface area (TPSA) is 79.6 Å². The van der Waals surface area contributed by atoms with Gasteiger partial charge in [0.15, 0.2) is 0 Å². The number of rotatable bonds is 4. The third kappa shape index (κ3) is 3.98. The molecule has 1 aliphatic carbocycles. The Morgan fingerprint density at radius 2 is 1.83 bits per heavy atom. The number of fused-ring (bicyclic) bond motifs is 1. The van der Waals surface area contributed by atoms with E-state index < -0.39 is 10.0 Å². The Labute approximate surface area is 172 Å². The van der Waals surface area contributed by atoms with Gasteiger partial charge in [-0.3, -0.25) is 4.79 Å². The van der Waals surface area contributed by atoms with E-state index in [1.807, 2.05) is 13.0 Å². The summed E-state index contributed by atoms with van der Waals surface area (Å²) in [6.07, 6.45) is 3.47. The summed E-state index contributed by atoms with van der Waals surface area (Å²) >= 11 is 0. The van der Waals surface area contributed by atoms with Crippen LogP contribution >= 0.6 is 0 Å². The summed E-state index contributed by atoms with van der Waals surface area (Å²) in [5.74, 6) is 1.59. The molecule has 29 heavy (non-hydrogen) atoms. The van der Waals surface area contributed by atoms with Gasteiger partial charge in [-0.1, -0.05) is 13.8 Å². The summed E-state index contributed by atoms with van der Waals surface area (Å²) in [6.45, 7) is 7.39. The van der Waals surface area contributed by atoms with Crippen LogP contribution in [-0.4, -0.2) is 31.7 Å². The molecule has 0 saturated carbocycles. The molecular formula is C22H28N2O4S. The molecule has 0 radical (unpaired) electrons. The molecular weight excluding hydrogens is 388 g/mol. The Morgan fingerprint density at radius 1 is 1.17 bits per heavy atom. The van der Waals surface area contributed by atoms with Crippen LogP contribution in [0.5, 0.6) is 0 Å². The maximum absolute atomic E-state index is 12.9. The Kier molecular flexibility index (Phi) is 5.07. The first-order valence-electron chi connectivity index (χ1n) is 10.2. The third-order valence-corrected chi connectivity index (χ3v) is 7.77. The molecule has 7 heteroatoms. The van der Waals surface area contributed by atoms with E-state index in [0.717, 1.165) is 42.8 Å². The fraction of sp³-hybridized carbons (Fsp3) is 0.500. The summed E-state index contributed by atoms with van der Waals surface area (Å²) < 4.78 is 32.7. The predicted octanol–water partition coefficient (Wildman–Crippen LogP) is 3.82. The van der Waals surface area contributed by atoms with Crippen LogP contribution in [-0.2, 0) is 16.4 Å². The number of hydrogen-bond donors (Lipinski definition) is 1. The van der Waals surface area contributed by atoms with Crippen LogP contribution in [0.3, 0.4) is 0 Å². The van der Waals surface area contributed by atoms with Gasteiger partial charge in [-0.15, -0.1) is 0 Å². The molecule has 1 saturated heterocycles. The largest absolute Gasteiger partial charge is 0.466 e. The van der Waals surface area contributed by atoms with Gasteiger partial charge in [-0.2, -0.15) is 4.31 Å². The highest BCUT2D eigenvalue weighted by Gasteiger charge is 2.35. The van der Waals surface area contributed by atoms with Gasteiger partial charge in [0.05, 0.1) is 10.9 Å². The molecule has 1 fully saturated rings. The van der Waals surface area contributed by atoms with Crippen molar-refractivity contribution in [2.45, 2.75) is 57.4 Å². The van der Waals surface area contributed by atoms with E-state index in [1.54, 1.807) is 12.1 Å². The second-order valence-electron chi connectivity index (χ2n) is 8.94. The second kappa shape index (κ2) is 7.29. The normalized spacial score (nSPS) is 21.7. The molecule has 1 atom stereocenters. The van der Waals surface area contributed by atoms with Gasteiger partial charge in [0, 0.05) is 30.6 Å². The highest BCUT2D eigenvalue weighted by Crippen LogP contribution is 2.42. The number of carbonyl (C=O) groups excluding carboxylic acids is 1. The number of amides is 1. The maximum atomic E-state index is 12.9. The van der Waals surface area contributed by atoms with Gasteiger partial charge in [0.1, 0.15) is 11.5 Å². The summed E-state index contributed by atoms with van der Waals surface area (Å²) in [4.78, 5) is 13.1. The lowest BCUT2D eigenvalue weighted by atomic mass is 9.74. The molecule has 0 spiro atoms. The molecule has 1 aromatic carbocycles. The molecule has 1 N–H and O–H groups in total. The van der Waals surface area contributed by atoms with E-state index in [9.17, 15) is 13.2 Å². The number of aryl methyl sites for hydroxylation is 1. The first-order valence-corrected chi connectivity index (χ1v) is 11.6. The number of sulfonamides is 1. The molecule has 1 unspecified atom stereocenters. The van der Waals surface area contributed by atoms with E-state index in [-0.39, 0.29) is 22.3 Å². The predicted molar refractivity (Wildman–Crippen MR) is 110 cm³/mol. The monoisotopic (exact) mass is 416 g/mol. The second-order valence-corrected chi connectivity index (χ2v) is 10.9. The Balaban J connectivity index is 1.52. The van der Waals surface area contributed by atoms with Gasteiger partial charge in [-0.25, -0.2) is 8.42 Å². The quantitative estimate of drug-likeness (QED) is 0.822. The van der Waals surface area contributed by atoms with Gasteiger partial charge in [-0.05, 0) is 61.9 Å². The van der Waals surface area contributed by atoms with Gasteiger partial charge >= 0.3 is 0 Å². The molecule has 2 aromatic rings. The smallest absolute Gasteiger partial charge is 0.251 e. The number of furan rings is 1. The zero-order chi connectivity index (χ0) is 20.8. The van der Waals surface area contributed by atoms with E-state index in [1.165, 1.54) is 16.4 Å². The van der Waals surface area contributed by atoms with Crippen LogP contribution in [0, 0.1) is 12.3 Å². The van der Waals surface area contributed by atoms with Crippen molar-refractivity contribution in [3.8, 4) is 0 Å². The van der Waals surface area contributed by atoms with E-state index in [0.29, 0.717) is 18.7 Å². The lowest BCUT2D eigenvalue weighted by molar-refractivity contribution is 0.0917. The minimum Gasteiger partial charge on any atom is -0.466 e. The Hall–Kier alpha value is -2.12. The summed E-state index contributed by atoms with van der Waals surface area (Å²) in [5.41, 5.74) is 1.53. The molecule has 1 aromatic heterocycles. The zero-order valence-corrected chi connectivity index (χ0v) is 18.0. The molecule has 4 rings (SSSR count). The van der Waals surface area contributed by atoms with Crippen LogP contribution in [0.15, 0.2) is 39.6 Å². The number of benzene rings is 1. The van der Waals surface area contributed by atoms with Crippen LogP contribution in [0.25, 0.3) is 0 Å². The van der Waals surface area contributed by atoms with Crippen molar-refractivity contribution in [1.82, 2.24) is 9.62 Å². The lowest BCUT2D eigenvalue weighted by Crippen LogP contribution is -2.36.